The lowest BCUT2D eigenvalue weighted by Crippen LogP contribution is -2.18. The Bertz CT molecular complexity index is 2290. The number of amidine groups is 1. The molecule has 0 aromatic heterocycles. The predicted molar refractivity (Wildman–Crippen MR) is 223 cm³/mol. The Morgan fingerprint density at radius 1 is 0.692 bits per heavy atom. The summed E-state index contributed by atoms with van der Waals surface area (Å²) < 4.78 is 0. The van der Waals surface area contributed by atoms with Gasteiger partial charge in [-0.3, -0.25) is 4.99 Å². The van der Waals surface area contributed by atoms with E-state index in [0.29, 0.717) is 5.92 Å². The second-order valence-electron chi connectivity index (χ2n) is 14.5. The van der Waals surface area contributed by atoms with Crippen molar-refractivity contribution in [3.8, 4) is 11.1 Å². The lowest BCUT2D eigenvalue weighted by Gasteiger charge is -2.23. The Kier molecular flexibility index (Phi) is 9.81. The first-order valence-corrected chi connectivity index (χ1v) is 19.4. The zero-order valence-corrected chi connectivity index (χ0v) is 30.8. The quantitative estimate of drug-likeness (QED) is 0.148. The van der Waals surface area contributed by atoms with E-state index in [1.54, 1.807) is 0 Å². The van der Waals surface area contributed by atoms with Crippen LogP contribution in [-0.4, -0.2) is 11.5 Å². The van der Waals surface area contributed by atoms with Crippen molar-refractivity contribution in [2.24, 2.45) is 15.9 Å². The van der Waals surface area contributed by atoms with Crippen molar-refractivity contribution in [3.05, 3.63) is 179 Å². The van der Waals surface area contributed by atoms with Crippen molar-refractivity contribution in [1.29, 1.82) is 0 Å². The topological polar surface area (TPSA) is 24.7 Å². The number of allylic oxidation sites excluding steroid dienone is 8. The largest absolute Gasteiger partial charge is 0.258 e. The van der Waals surface area contributed by atoms with Gasteiger partial charge in [-0.2, -0.15) is 0 Å². The van der Waals surface area contributed by atoms with Crippen molar-refractivity contribution in [3.63, 3.8) is 0 Å². The van der Waals surface area contributed by atoms with Gasteiger partial charge in [0.05, 0.1) is 11.8 Å². The van der Waals surface area contributed by atoms with E-state index in [1.807, 2.05) is 0 Å². The minimum Gasteiger partial charge on any atom is -0.258 e. The molecular weight excluding hydrogens is 629 g/mol. The maximum absolute atomic E-state index is 5.44. The van der Waals surface area contributed by atoms with Crippen LogP contribution in [0.15, 0.2) is 155 Å². The highest BCUT2D eigenvalue weighted by atomic mass is 15.0. The van der Waals surface area contributed by atoms with E-state index in [0.717, 1.165) is 61.2 Å². The molecule has 0 saturated carbocycles. The Balaban J connectivity index is 1.20. The summed E-state index contributed by atoms with van der Waals surface area (Å²) in [7, 11) is 0. The van der Waals surface area contributed by atoms with Crippen LogP contribution < -0.4 is 0 Å². The van der Waals surface area contributed by atoms with Crippen LogP contribution in [0.5, 0.6) is 0 Å². The molecule has 0 fully saturated rings. The fourth-order valence-electron chi connectivity index (χ4n) is 8.03. The number of benzene rings is 5. The standard InChI is InChI=1S/C50H48N2/c1-4-34-12-9-15-41(30-34)37-20-24-39(25-21-37)48-33-49(40-26-22-38(23-27-40)42-16-10-13-35(5-2)31-42)52-50(51-48)47-29-28-44(45-18-7-8-19-46(45)47)43-17-11-14-36(6-3)32-43/h7-10,12,14-16,18-32,35,48H,4-6,11,13,17,33H2,1-3H3. The Morgan fingerprint density at radius 3 is 2.21 bits per heavy atom. The monoisotopic (exact) mass is 676 g/mol. The van der Waals surface area contributed by atoms with Gasteiger partial charge in [0, 0.05) is 12.0 Å². The molecule has 0 bridgehead atoms. The first-order chi connectivity index (χ1) is 25.6. The summed E-state index contributed by atoms with van der Waals surface area (Å²) in [6, 6.07) is 40.4. The number of aryl methyl sites for hydroxylation is 1. The average Bonchev–Trinajstić information content (AvgIpc) is 3.23. The minimum atomic E-state index is -0.0377. The summed E-state index contributed by atoms with van der Waals surface area (Å²) >= 11 is 0. The molecule has 2 nitrogen and oxygen atoms in total. The van der Waals surface area contributed by atoms with Gasteiger partial charge in [0.25, 0.3) is 0 Å². The van der Waals surface area contributed by atoms with Crippen LogP contribution in [0.3, 0.4) is 0 Å². The summed E-state index contributed by atoms with van der Waals surface area (Å²) in [5.41, 5.74) is 15.2. The molecule has 52 heavy (non-hydrogen) atoms. The van der Waals surface area contributed by atoms with Gasteiger partial charge in [0.2, 0.25) is 0 Å². The number of hydrogen-bond donors (Lipinski definition) is 0. The molecule has 1 aliphatic heterocycles. The molecule has 3 aliphatic rings. The summed E-state index contributed by atoms with van der Waals surface area (Å²) in [5.74, 6) is 1.43. The number of nitrogens with zero attached hydrogens (tertiary/aromatic N) is 2. The van der Waals surface area contributed by atoms with Crippen molar-refractivity contribution >= 4 is 33.5 Å². The molecule has 2 aliphatic carbocycles. The number of aliphatic imine (C=N–C) groups is 2. The Hall–Kier alpha value is -5.34. The second-order valence-corrected chi connectivity index (χ2v) is 14.5. The first-order valence-electron chi connectivity index (χ1n) is 19.4. The fraction of sp³-hybridized carbons (Fsp3) is 0.240. The second kappa shape index (κ2) is 15.1. The molecule has 2 heteroatoms. The smallest absolute Gasteiger partial charge is 0.156 e. The molecule has 0 amide bonds. The van der Waals surface area contributed by atoms with Crippen LogP contribution in [0, 0.1) is 5.92 Å². The normalized spacial score (nSPS) is 18.7. The third-order valence-electron chi connectivity index (χ3n) is 11.2. The molecular formula is C50H48N2. The number of rotatable bonds is 9. The molecule has 0 saturated heterocycles. The fourth-order valence-corrected chi connectivity index (χ4v) is 8.03. The third kappa shape index (κ3) is 6.95. The Morgan fingerprint density at radius 2 is 1.44 bits per heavy atom. The van der Waals surface area contributed by atoms with Crippen molar-refractivity contribution in [2.75, 3.05) is 0 Å². The van der Waals surface area contributed by atoms with Gasteiger partial charge in [0.1, 0.15) is 0 Å². The van der Waals surface area contributed by atoms with Crippen LogP contribution in [0.1, 0.15) is 98.7 Å². The molecule has 2 atom stereocenters. The number of hydrogen-bond acceptors (Lipinski definition) is 2. The van der Waals surface area contributed by atoms with E-state index < -0.39 is 0 Å². The first kappa shape index (κ1) is 33.8. The zero-order chi connectivity index (χ0) is 35.4. The van der Waals surface area contributed by atoms with Crippen molar-refractivity contribution in [2.45, 2.75) is 71.8 Å². The molecule has 5 aromatic carbocycles. The highest BCUT2D eigenvalue weighted by Gasteiger charge is 2.24. The van der Waals surface area contributed by atoms with E-state index in [1.165, 1.54) is 67.3 Å². The molecule has 0 radical (unpaired) electrons. The maximum atomic E-state index is 5.44. The van der Waals surface area contributed by atoms with E-state index in [-0.39, 0.29) is 6.04 Å². The third-order valence-corrected chi connectivity index (χ3v) is 11.2. The van der Waals surface area contributed by atoms with Gasteiger partial charge in [-0.1, -0.05) is 160 Å². The van der Waals surface area contributed by atoms with Gasteiger partial charge in [-0.05, 0) is 111 Å². The van der Waals surface area contributed by atoms with Gasteiger partial charge in [-0.25, -0.2) is 4.99 Å². The number of fused-ring (bicyclic) bond motifs is 1. The van der Waals surface area contributed by atoms with Crippen LogP contribution in [-0.2, 0) is 6.42 Å². The Labute approximate surface area is 309 Å². The zero-order valence-electron chi connectivity index (χ0n) is 30.8. The summed E-state index contributed by atoms with van der Waals surface area (Å²) in [5, 5.41) is 2.48. The predicted octanol–water partition coefficient (Wildman–Crippen LogP) is 13.3. The lowest BCUT2D eigenvalue weighted by molar-refractivity contribution is 0.635. The molecule has 5 aromatic rings. The molecule has 2 unspecified atom stereocenters. The minimum absolute atomic E-state index is 0.0377. The molecule has 8 rings (SSSR count). The van der Waals surface area contributed by atoms with Crippen molar-refractivity contribution in [1.82, 2.24) is 0 Å². The maximum Gasteiger partial charge on any atom is 0.156 e. The SMILES string of the molecule is CCC1=CCCC(c2ccc(C3=NC(c4ccc(-c5cccc(CC)c5)cc4)CC(c4ccc(C5=CC(CC)CC=C5)cc4)=N3)c3ccccc23)=C1. The summed E-state index contributed by atoms with van der Waals surface area (Å²) in [6.07, 6.45) is 19.2. The van der Waals surface area contributed by atoms with Crippen LogP contribution in [0.2, 0.25) is 0 Å². The van der Waals surface area contributed by atoms with Crippen LogP contribution in [0.4, 0.5) is 0 Å². The van der Waals surface area contributed by atoms with E-state index in [9.17, 15) is 0 Å². The molecule has 258 valence electrons. The average molecular weight is 677 g/mol. The van der Waals surface area contributed by atoms with Gasteiger partial charge < -0.3 is 0 Å². The lowest BCUT2D eigenvalue weighted by atomic mass is 9.88. The summed E-state index contributed by atoms with van der Waals surface area (Å²) in [4.78, 5) is 10.8. The van der Waals surface area contributed by atoms with E-state index >= 15 is 0 Å². The van der Waals surface area contributed by atoms with E-state index in [4.69, 9.17) is 9.98 Å². The summed E-state index contributed by atoms with van der Waals surface area (Å²) in [6.45, 7) is 6.73. The van der Waals surface area contributed by atoms with Crippen molar-refractivity contribution < 1.29 is 0 Å². The molecule has 1 heterocycles. The highest BCUT2D eigenvalue weighted by Crippen LogP contribution is 2.37. The molecule has 0 N–H and O–H groups in total. The van der Waals surface area contributed by atoms with Crippen LogP contribution >= 0.6 is 0 Å². The van der Waals surface area contributed by atoms with E-state index in [2.05, 4.69) is 160 Å². The van der Waals surface area contributed by atoms with Crippen LogP contribution in [0.25, 0.3) is 33.0 Å². The molecule has 0 spiro atoms. The highest BCUT2D eigenvalue weighted by molar-refractivity contribution is 6.19. The van der Waals surface area contributed by atoms with Gasteiger partial charge >= 0.3 is 0 Å². The van der Waals surface area contributed by atoms with Gasteiger partial charge in [0.15, 0.2) is 5.84 Å². The van der Waals surface area contributed by atoms with Gasteiger partial charge in [-0.15, -0.1) is 0 Å².